The van der Waals surface area contributed by atoms with Gasteiger partial charge in [-0.15, -0.1) is 0 Å². The number of allylic oxidation sites excluding steroid dienone is 2. The van der Waals surface area contributed by atoms with E-state index in [9.17, 15) is 9.59 Å². The zero-order chi connectivity index (χ0) is 12.7. The SMILES string of the molecule is O=C(O)/C=C/C(=O)OC1CC2CC1C1C=CCC21. The number of carboxylic acids is 1. The Morgan fingerprint density at radius 3 is 2.83 bits per heavy atom. The zero-order valence-corrected chi connectivity index (χ0v) is 9.99. The number of ether oxygens (including phenoxy) is 1. The molecule has 96 valence electrons. The van der Waals surface area contributed by atoms with E-state index in [-0.39, 0.29) is 6.10 Å². The minimum Gasteiger partial charge on any atom is -0.478 e. The second kappa shape index (κ2) is 4.26. The van der Waals surface area contributed by atoms with Gasteiger partial charge in [0, 0.05) is 18.1 Å². The molecule has 0 heterocycles. The quantitative estimate of drug-likeness (QED) is 0.469. The molecule has 0 aromatic heterocycles. The number of carbonyl (C=O) groups is 2. The summed E-state index contributed by atoms with van der Waals surface area (Å²) in [6.45, 7) is 0. The highest BCUT2D eigenvalue weighted by Gasteiger charge is 2.53. The first-order valence-electron chi connectivity index (χ1n) is 6.43. The average molecular weight is 248 g/mol. The number of aliphatic carboxylic acids is 1. The Morgan fingerprint density at radius 1 is 1.22 bits per heavy atom. The second-order valence-corrected chi connectivity index (χ2v) is 5.45. The molecule has 3 aliphatic carbocycles. The number of hydrogen-bond donors (Lipinski definition) is 1. The van der Waals surface area contributed by atoms with Crippen molar-refractivity contribution >= 4 is 11.9 Å². The Balaban J connectivity index is 1.61. The molecule has 0 amide bonds. The predicted octanol–water partition coefficient (Wildman–Crippen LogP) is 1.77. The molecule has 5 unspecified atom stereocenters. The fourth-order valence-electron chi connectivity index (χ4n) is 3.95. The third-order valence-electron chi connectivity index (χ3n) is 4.58. The molecule has 18 heavy (non-hydrogen) atoms. The van der Waals surface area contributed by atoms with E-state index in [2.05, 4.69) is 12.2 Å². The minimum atomic E-state index is -1.13. The summed E-state index contributed by atoms with van der Waals surface area (Å²) in [5.74, 6) is 0.800. The first-order chi connectivity index (χ1) is 8.65. The fraction of sp³-hybridized carbons (Fsp3) is 0.571. The molecule has 2 bridgehead atoms. The Labute approximate surface area is 105 Å². The number of rotatable bonds is 3. The third kappa shape index (κ3) is 1.85. The van der Waals surface area contributed by atoms with E-state index in [1.54, 1.807) is 0 Å². The smallest absolute Gasteiger partial charge is 0.331 e. The number of carbonyl (C=O) groups excluding carboxylic acids is 1. The summed E-state index contributed by atoms with van der Waals surface area (Å²) in [6, 6.07) is 0. The van der Waals surface area contributed by atoms with Crippen molar-refractivity contribution < 1.29 is 19.4 Å². The highest BCUT2D eigenvalue weighted by Crippen LogP contribution is 2.57. The fourth-order valence-corrected chi connectivity index (χ4v) is 3.95. The summed E-state index contributed by atoms with van der Waals surface area (Å²) in [5, 5.41) is 8.45. The Hall–Kier alpha value is -1.58. The number of hydrogen-bond acceptors (Lipinski definition) is 3. The zero-order valence-electron chi connectivity index (χ0n) is 9.99. The van der Waals surface area contributed by atoms with Crippen molar-refractivity contribution in [3.05, 3.63) is 24.3 Å². The van der Waals surface area contributed by atoms with E-state index >= 15 is 0 Å². The lowest BCUT2D eigenvalue weighted by Crippen LogP contribution is -2.31. The average Bonchev–Trinajstić information content (AvgIpc) is 2.97. The monoisotopic (exact) mass is 248 g/mol. The standard InChI is InChI=1S/C14H16O4/c15-13(16)4-5-14(17)18-12-7-8-6-11(12)10-3-1-2-9(8)10/h1,3-5,8-12H,2,6-7H2,(H,15,16)/b5-4+. The van der Waals surface area contributed by atoms with Gasteiger partial charge in [0.25, 0.3) is 0 Å². The van der Waals surface area contributed by atoms with Gasteiger partial charge in [-0.1, -0.05) is 12.2 Å². The van der Waals surface area contributed by atoms with Crippen LogP contribution in [-0.4, -0.2) is 23.1 Å². The number of carboxylic acid groups (broad SMARTS) is 1. The molecule has 2 saturated carbocycles. The maximum absolute atomic E-state index is 11.5. The lowest BCUT2D eigenvalue weighted by molar-refractivity contribution is -0.147. The topological polar surface area (TPSA) is 63.6 Å². The van der Waals surface area contributed by atoms with Gasteiger partial charge in [-0.05, 0) is 37.0 Å². The molecule has 2 fully saturated rings. The Morgan fingerprint density at radius 2 is 2.06 bits per heavy atom. The van der Waals surface area contributed by atoms with Gasteiger partial charge in [-0.2, -0.15) is 0 Å². The molecule has 0 saturated heterocycles. The van der Waals surface area contributed by atoms with Crippen molar-refractivity contribution in [3.63, 3.8) is 0 Å². The highest BCUT2D eigenvalue weighted by atomic mass is 16.5. The lowest BCUT2D eigenvalue weighted by atomic mass is 9.80. The maximum Gasteiger partial charge on any atom is 0.331 e. The third-order valence-corrected chi connectivity index (χ3v) is 4.58. The molecule has 0 radical (unpaired) electrons. The molecule has 3 rings (SSSR count). The van der Waals surface area contributed by atoms with E-state index in [1.165, 1.54) is 6.42 Å². The lowest BCUT2D eigenvalue weighted by Gasteiger charge is -2.30. The summed E-state index contributed by atoms with van der Waals surface area (Å²) in [4.78, 5) is 21.8. The van der Waals surface area contributed by atoms with Crippen LogP contribution in [0.1, 0.15) is 19.3 Å². The normalized spacial score (nSPS) is 40.3. The van der Waals surface area contributed by atoms with Gasteiger partial charge in [0.15, 0.2) is 0 Å². The number of esters is 1. The molecule has 4 heteroatoms. The van der Waals surface area contributed by atoms with Crippen molar-refractivity contribution in [2.24, 2.45) is 23.7 Å². The van der Waals surface area contributed by atoms with Crippen LogP contribution in [0, 0.1) is 23.7 Å². The molecule has 0 aliphatic heterocycles. The molecule has 0 aromatic rings. The summed E-state index contributed by atoms with van der Waals surface area (Å²) in [5.41, 5.74) is 0. The van der Waals surface area contributed by atoms with Gasteiger partial charge in [-0.25, -0.2) is 9.59 Å². The van der Waals surface area contributed by atoms with Crippen LogP contribution in [-0.2, 0) is 14.3 Å². The van der Waals surface area contributed by atoms with Crippen molar-refractivity contribution in [1.82, 2.24) is 0 Å². The van der Waals surface area contributed by atoms with E-state index in [4.69, 9.17) is 9.84 Å². The molecule has 3 aliphatic rings. The van der Waals surface area contributed by atoms with Crippen molar-refractivity contribution in [2.45, 2.75) is 25.4 Å². The van der Waals surface area contributed by atoms with E-state index in [0.29, 0.717) is 17.8 Å². The minimum absolute atomic E-state index is 0.0232. The Kier molecular flexibility index (Phi) is 2.73. The molecular formula is C14H16O4. The Bertz CT molecular complexity index is 437. The van der Waals surface area contributed by atoms with E-state index in [1.807, 2.05) is 0 Å². The molecule has 0 aromatic carbocycles. The summed E-state index contributed by atoms with van der Waals surface area (Å²) < 4.78 is 5.38. The molecular weight excluding hydrogens is 232 g/mol. The molecule has 5 atom stereocenters. The largest absolute Gasteiger partial charge is 0.478 e. The van der Waals surface area contributed by atoms with Crippen LogP contribution in [0.4, 0.5) is 0 Å². The van der Waals surface area contributed by atoms with Gasteiger partial charge < -0.3 is 9.84 Å². The van der Waals surface area contributed by atoms with E-state index in [0.717, 1.165) is 30.9 Å². The molecule has 0 spiro atoms. The van der Waals surface area contributed by atoms with Crippen molar-refractivity contribution in [2.75, 3.05) is 0 Å². The van der Waals surface area contributed by atoms with Crippen LogP contribution >= 0.6 is 0 Å². The van der Waals surface area contributed by atoms with Crippen LogP contribution in [0.5, 0.6) is 0 Å². The van der Waals surface area contributed by atoms with Crippen molar-refractivity contribution in [3.8, 4) is 0 Å². The number of fused-ring (bicyclic) bond motifs is 5. The van der Waals surface area contributed by atoms with Gasteiger partial charge in [-0.3, -0.25) is 0 Å². The van der Waals surface area contributed by atoms with Crippen LogP contribution in [0.3, 0.4) is 0 Å². The molecule has 4 nitrogen and oxygen atoms in total. The summed E-state index contributed by atoms with van der Waals surface area (Å²) in [7, 11) is 0. The first kappa shape index (κ1) is 11.5. The second-order valence-electron chi connectivity index (χ2n) is 5.45. The van der Waals surface area contributed by atoms with Crippen molar-refractivity contribution in [1.29, 1.82) is 0 Å². The van der Waals surface area contributed by atoms with Gasteiger partial charge in [0.05, 0.1) is 0 Å². The van der Waals surface area contributed by atoms with E-state index < -0.39 is 11.9 Å². The van der Waals surface area contributed by atoms with Crippen LogP contribution in [0.2, 0.25) is 0 Å². The van der Waals surface area contributed by atoms with Crippen LogP contribution < -0.4 is 0 Å². The summed E-state index contributed by atoms with van der Waals surface area (Å²) in [6.07, 6.45) is 9.58. The summed E-state index contributed by atoms with van der Waals surface area (Å²) >= 11 is 0. The highest BCUT2D eigenvalue weighted by molar-refractivity contribution is 5.90. The molecule has 1 N–H and O–H groups in total. The predicted molar refractivity (Wildman–Crippen MR) is 63.6 cm³/mol. The van der Waals surface area contributed by atoms with Crippen LogP contribution in [0.25, 0.3) is 0 Å². The van der Waals surface area contributed by atoms with Crippen LogP contribution in [0.15, 0.2) is 24.3 Å². The first-order valence-corrected chi connectivity index (χ1v) is 6.43. The van der Waals surface area contributed by atoms with Gasteiger partial charge >= 0.3 is 11.9 Å². The maximum atomic E-state index is 11.5. The van der Waals surface area contributed by atoms with Gasteiger partial charge in [0.2, 0.25) is 0 Å². The van der Waals surface area contributed by atoms with Gasteiger partial charge in [0.1, 0.15) is 6.10 Å².